The number of rotatable bonds is 5. The molecule has 0 aliphatic heterocycles. The number of aryl methyl sites for hydroxylation is 2. The van der Waals surface area contributed by atoms with E-state index in [-0.39, 0.29) is 28.4 Å². The zero-order chi connectivity index (χ0) is 22.1. The third kappa shape index (κ3) is 3.82. The van der Waals surface area contributed by atoms with Crippen LogP contribution in [-0.2, 0) is 23.6 Å². The fourth-order valence-corrected chi connectivity index (χ4v) is 3.68. The number of amides is 2. The van der Waals surface area contributed by atoms with E-state index in [2.05, 4.69) is 20.7 Å². The van der Waals surface area contributed by atoms with Crippen molar-refractivity contribution in [1.29, 1.82) is 0 Å². The molecule has 0 aliphatic rings. The Bertz CT molecular complexity index is 1310. The van der Waals surface area contributed by atoms with E-state index in [1.165, 1.54) is 30.9 Å². The number of aromatic nitrogens is 3. The molecule has 0 radical (unpaired) electrons. The van der Waals surface area contributed by atoms with Gasteiger partial charge in [0.15, 0.2) is 5.69 Å². The quantitative estimate of drug-likeness (QED) is 0.474. The Labute approximate surface area is 171 Å². The maximum absolute atomic E-state index is 12.7. The zero-order valence-electron chi connectivity index (χ0n) is 16.5. The molecule has 2 aromatic heterocycles. The number of hydrogen-bond donors (Lipinski definition) is 3. The van der Waals surface area contributed by atoms with Crippen molar-refractivity contribution in [3.63, 3.8) is 0 Å². The molecule has 0 aliphatic carbocycles. The number of nitrogens with zero attached hydrogens (tertiary/aromatic N) is 3. The summed E-state index contributed by atoms with van der Waals surface area (Å²) in [7, 11) is -0.967. The fraction of sp³-hybridized carbons (Fsp3) is 0.222. The Hall–Kier alpha value is -3.51. The van der Waals surface area contributed by atoms with Crippen molar-refractivity contribution in [1.82, 2.24) is 29.9 Å². The molecule has 0 unspecified atom stereocenters. The Morgan fingerprint density at radius 3 is 2.37 bits per heavy atom. The van der Waals surface area contributed by atoms with Gasteiger partial charge in [-0.1, -0.05) is 18.2 Å². The summed E-state index contributed by atoms with van der Waals surface area (Å²) < 4.78 is 28.4. The van der Waals surface area contributed by atoms with Crippen LogP contribution in [0.4, 0.5) is 0 Å². The van der Waals surface area contributed by atoms with E-state index >= 15 is 0 Å². The van der Waals surface area contributed by atoms with Crippen molar-refractivity contribution >= 4 is 32.6 Å². The molecule has 158 valence electrons. The summed E-state index contributed by atoms with van der Waals surface area (Å²) in [5, 5.41) is 4.76. The maximum atomic E-state index is 12.7. The van der Waals surface area contributed by atoms with Crippen LogP contribution in [0, 0.1) is 0 Å². The van der Waals surface area contributed by atoms with E-state index in [4.69, 9.17) is 0 Å². The van der Waals surface area contributed by atoms with Crippen molar-refractivity contribution in [2.24, 2.45) is 7.05 Å². The summed E-state index contributed by atoms with van der Waals surface area (Å²) in [6.45, 7) is 1.99. The average Bonchev–Trinajstić information content (AvgIpc) is 3.15. The second-order valence-electron chi connectivity index (χ2n) is 6.30. The minimum atomic E-state index is -3.72. The normalized spacial score (nSPS) is 11.4. The summed E-state index contributed by atoms with van der Waals surface area (Å²) in [5.74, 6) is -1.45. The van der Waals surface area contributed by atoms with E-state index in [0.29, 0.717) is 10.8 Å². The first kappa shape index (κ1) is 21.2. The topological polar surface area (TPSA) is 144 Å². The van der Waals surface area contributed by atoms with E-state index in [1.807, 2.05) is 0 Å². The SMILES string of the molecule is CCn1nc(C(=O)NNC(=O)c2cc(S(=O)(=O)NC)cn2C)c2ccccc2c1=O. The van der Waals surface area contributed by atoms with Crippen LogP contribution in [0.3, 0.4) is 0 Å². The van der Waals surface area contributed by atoms with Gasteiger partial charge >= 0.3 is 0 Å². The molecule has 0 fully saturated rings. The first-order valence-electron chi connectivity index (χ1n) is 8.90. The van der Waals surface area contributed by atoms with Gasteiger partial charge in [-0.15, -0.1) is 0 Å². The standard InChI is InChI=1S/C18H20N6O5S/c1-4-24-18(27)13-8-6-5-7-12(13)15(22-24)17(26)21-20-16(25)14-9-11(10-23(14)3)30(28,29)19-2/h5-10,19H,4H2,1-3H3,(H,20,25)(H,21,26). The average molecular weight is 432 g/mol. The van der Waals surface area contributed by atoms with Crippen molar-refractivity contribution in [3.05, 3.63) is 58.3 Å². The van der Waals surface area contributed by atoms with E-state index in [1.54, 1.807) is 31.2 Å². The Morgan fingerprint density at radius 1 is 1.10 bits per heavy atom. The number of benzene rings is 1. The third-order valence-corrected chi connectivity index (χ3v) is 5.84. The van der Waals surface area contributed by atoms with Crippen molar-refractivity contribution < 1.29 is 18.0 Å². The number of hydrazine groups is 1. The lowest BCUT2D eigenvalue weighted by Gasteiger charge is -2.11. The van der Waals surface area contributed by atoms with Crippen LogP contribution in [-0.4, -0.2) is 41.6 Å². The molecule has 30 heavy (non-hydrogen) atoms. The van der Waals surface area contributed by atoms with Gasteiger partial charge in [0, 0.05) is 25.2 Å². The van der Waals surface area contributed by atoms with Gasteiger partial charge in [0.25, 0.3) is 17.4 Å². The van der Waals surface area contributed by atoms with Crippen molar-refractivity contribution in [3.8, 4) is 0 Å². The van der Waals surface area contributed by atoms with Crippen LogP contribution in [0.1, 0.15) is 27.9 Å². The summed E-state index contributed by atoms with van der Waals surface area (Å²) >= 11 is 0. The highest BCUT2D eigenvalue weighted by Gasteiger charge is 2.21. The van der Waals surface area contributed by atoms with Gasteiger partial charge in [0.1, 0.15) is 10.6 Å². The highest BCUT2D eigenvalue weighted by molar-refractivity contribution is 7.89. The molecule has 11 nitrogen and oxygen atoms in total. The van der Waals surface area contributed by atoms with Crippen LogP contribution in [0.25, 0.3) is 10.8 Å². The highest BCUT2D eigenvalue weighted by Crippen LogP contribution is 2.14. The molecule has 12 heteroatoms. The predicted octanol–water partition coefficient (Wildman–Crippen LogP) is -0.262. The van der Waals surface area contributed by atoms with E-state index in [9.17, 15) is 22.8 Å². The van der Waals surface area contributed by atoms with Crippen LogP contribution < -0.4 is 21.1 Å². The molecule has 0 saturated carbocycles. The molecule has 0 bridgehead atoms. The lowest BCUT2D eigenvalue weighted by molar-refractivity contribution is 0.0839. The molecule has 1 aromatic carbocycles. The third-order valence-electron chi connectivity index (χ3n) is 4.46. The molecule has 2 amide bonds. The number of fused-ring (bicyclic) bond motifs is 1. The predicted molar refractivity (Wildman–Crippen MR) is 108 cm³/mol. The smallest absolute Gasteiger partial charge is 0.290 e. The highest BCUT2D eigenvalue weighted by atomic mass is 32.2. The monoisotopic (exact) mass is 432 g/mol. The van der Waals surface area contributed by atoms with E-state index in [0.717, 1.165) is 4.68 Å². The molecule has 0 saturated heterocycles. The Balaban J connectivity index is 1.86. The molecule has 0 atom stereocenters. The second-order valence-corrected chi connectivity index (χ2v) is 8.19. The zero-order valence-corrected chi connectivity index (χ0v) is 17.3. The summed E-state index contributed by atoms with van der Waals surface area (Å²) in [4.78, 5) is 37.4. The van der Waals surface area contributed by atoms with Crippen LogP contribution in [0.2, 0.25) is 0 Å². The van der Waals surface area contributed by atoms with Gasteiger partial charge in [-0.25, -0.2) is 17.8 Å². The van der Waals surface area contributed by atoms with Gasteiger partial charge in [0.05, 0.1) is 5.39 Å². The number of nitrogens with one attached hydrogen (secondary N) is 3. The molecule has 3 N–H and O–H groups in total. The van der Waals surface area contributed by atoms with Crippen molar-refractivity contribution in [2.75, 3.05) is 7.05 Å². The summed E-state index contributed by atoms with van der Waals surface area (Å²) in [5.41, 5.74) is 4.15. The largest absolute Gasteiger partial charge is 0.345 e. The van der Waals surface area contributed by atoms with Crippen LogP contribution in [0.5, 0.6) is 0 Å². The lowest BCUT2D eigenvalue weighted by Crippen LogP contribution is -2.43. The number of carbonyl (C=O) groups excluding carboxylic acids is 2. The van der Waals surface area contributed by atoms with Crippen LogP contribution >= 0.6 is 0 Å². The van der Waals surface area contributed by atoms with Gasteiger partial charge in [-0.2, -0.15) is 5.10 Å². The molecule has 2 heterocycles. The van der Waals surface area contributed by atoms with Gasteiger partial charge in [-0.05, 0) is 26.1 Å². The second kappa shape index (κ2) is 8.08. The molecular formula is C18H20N6O5S. The van der Waals surface area contributed by atoms with Gasteiger partial charge in [-0.3, -0.25) is 25.2 Å². The number of hydrogen-bond acceptors (Lipinski definition) is 6. The fourth-order valence-electron chi connectivity index (χ4n) is 2.88. The van der Waals surface area contributed by atoms with E-state index < -0.39 is 21.8 Å². The first-order chi connectivity index (χ1) is 14.2. The van der Waals surface area contributed by atoms with Crippen molar-refractivity contribution in [2.45, 2.75) is 18.4 Å². The number of sulfonamides is 1. The minimum absolute atomic E-state index is 0.0143. The molecular weight excluding hydrogens is 412 g/mol. The molecule has 0 spiro atoms. The lowest BCUT2D eigenvalue weighted by atomic mass is 10.1. The van der Waals surface area contributed by atoms with Gasteiger partial charge < -0.3 is 4.57 Å². The first-order valence-corrected chi connectivity index (χ1v) is 10.4. The Kier molecular flexibility index (Phi) is 5.71. The summed E-state index contributed by atoms with van der Waals surface area (Å²) in [6, 6.07) is 7.71. The maximum Gasteiger partial charge on any atom is 0.290 e. The Morgan fingerprint density at radius 2 is 1.73 bits per heavy atom. The number of carbonyl (C=O) groups is 2. The molecule has 3 rings (SSSR count). The summed E-state index contributed by atoms with van der Waals surface area (Å²) in [6.07, 6.45) is 1.27. The minimum Gasteiger partial charge on any atom is -0.345 e. The van der Waals surface area contributed by atoms with Gasteiger partial charge in [0.2, 0.25) is 10.0 Å². The molecule has 3 aromatic rings. The van der Waals surface area contributed by atoms with Crippen LogP contribution in [0.15, 0.2) is 46.2 Å².